The second-order valence-electron chi connectivity index (χ2n) is 11.9. The van der Waals surface area contributed by atoms with Crippen LogP contribution in [0.4, 0.5) is 18.9 Å². The van der Waals surface area contributed by atoms with Crippen LogP contribution in [0.25, 0.3) is 0 Å². The lowest BCUT2D eigenvalue weighted by atomic mass is 9.96. The molecule has 0 unspecified atom stereocenters. The molecule has 2 saturated heterocycles. The number of piperidine rings is 1. The number of piperazine rings is 1. The quantitative estimate of drug-likeness (QED) is 0.293. The number of nitrogens with zero attached hydrogens (tertiary/aromatic N) is 4. The Kier molecular flexibility index (Phi) is 8.87. The summed E-state index contributed by atoms with van der Waals surface area (Å²) in [6.07, 6.45) is 0.707. The molecule has 11 nitrogen and oxygen atoms in total. The van der Waals surface area contributed by atoms with Gasteiger partial charge in [0.05, 0.1) is 10.6 Å². The zero-order valence-electron chi connectivity index (χ0n) is 24.5. The fraction of sp³-hybridized carbons (Fsp3) is 0.500. The first-order chi connectivity index (χ1) is 21.6. The van der Waals surface area contributed by atoms with Crippen LogP contribution >= 0.6 is 11.6 Å². The topological polar surface area (TPSA) is 139 Å². The number of alkyl halides is 3. The van der Waals surface area contributed by atoms with E-state index in [0.29, 0.717) is 55.6 Å². The van der Waals surface area contributed by atoms with Crippen molar-refractivity contribution in [1.82, 2.24) is 35.3 Å². The molecule has 3 fully saturated rings. The molecular weight excluding hydrogens is 613 g/mol. The van der Waals surface area contributed by atoms with Crippen molar-refractivity contribution < 1.29 is 27.6 Å². The maximum atomic E-state index is 13.6. The van der Waals surface area contributed by atoms with E-state index in [1.807, 2.05) is 4.90 Å². The van der Waals surface area contributed by atoms with E-state index in [-0.39, 0.29) is 46.1 Å². The van der Waals surface area contributed by atoms with Gasteiger partial charge in [-0.15, -0.1) is 0 Å². The highest BCUT2D eigenvalue weighted by Gasteiger charge is 2.39. The predicted molar refractivity (Wildman–Crippen MR) is 159 cm³/mol. The molecule has 6 rings (SSSR count). The molecule has 240 valence electrons. The van der Waals surface area contributed by atoms with E-state index in [9.17, 15) is 27.6 Å². The van der Waals surface area contributed by atoms with Crippen LogP contribution in [0.1, 0.15) is 69.3 Å². The van der Waals surface area contributed by atoms with Crippen LogP contribution < -0.4 is 10.6 Å². The van der Waals surface area contributed by atoms with Crippen LogP contribution in [-0.4, -0.2) is 87.0 Å². The van der Waals surface area contributed by atoms with Crippen molar-refractivity contribution >= 4 is 35.0 Å². The minimum absolute atomic E-state index is 0.0296. The second-order valence-corrected chi connectivity index (χ2v) is 12.3. The summed E-state index contributed by atoms with van der Waals surface area (Å²) < 4.78 is 40.8. The summed E-state index contributed by atoms with van der Waals surface area (Å²) in [4.78, 5) is 49.3. The number of amides is 3. The van der Waals surface area contributed by atoms with Gasteiger partial charge in [0.2, 0.25) is 5.91 Å². The van der Waals surface area contributed by atoms with Crippen molar-refractivity contribution in [3.63, 3.8) is 0 Å². The van der Waals surface area contributed by atoms with E-state index < -0.39 is 17.8 Å². The predicted octanol–water partition coefficient (Wildman–Crippen LogP) is 3.88. The Bertz CT molecular complexity index is 1570. The van der Waals surface area contributed by atoms with E-state index in [1.165, 1.54) is 18.3 Å². The number of nitrogens with one attached hydrogen (secondary N) is 4. The van der Waals surface area contributed by atoms with Crippen LogP contribution in [0.5, 0.6) is 0 Å². The van der Waals surface area contributed by atoms with Crippen molar-refractivity contribution in [2.75, 3.05) is 44.6 Å². The van der Waals surface area contributed by atoms with Gasteiger partial charge in [-0.3, -0.25) is 19.5 Å². The molecule has 15 heteroatoms. The fourth-order valence-corrected chi connectivity index (χ4v) is 6.21. The van der Waals surface area contributed by atoms with Gasteiger partial charge in [0, 0.05) is 67.4 Å². The number of hydrogen-bond acceptors (Lipinski definition) is 6. The Labute approximate surface area is 262 Å². The number of carbonyl (C=O) groups is 3. The van der Waals surface area contributed by atoms with Gasteiger partial charge in [0.25, 0.3) is 11.8 Å². The molecule has 1 saturated carbocycles. The molecule has 3 amide bonds. The van der Waals surface area contributed by atoms with Crippen LogP contribution in [0.15, 0.2) is 24.4 Å². The highest BCUT2D eigenvalue weighted by Crippen LogP contribution is 2.37. The number of H-pyrrole nitrogens is 2. The van der Waals surface area contributed by atoms with E-state index >= 15 is 0 Å². The average Bonchev–Trinajstić information content (AvgIpc) is 3.56. The van der Waals surface area contributed by atoms with Crippen molar-refractivity contribution in [3.05, 3.63) is 63.5 Å². The van der Waals surface area contributed by atoms with E-state index in [2.05, 4.69) is 30.8 Å². The number of halogens is 4. The summed E-state index contributed by atoms with van der Waals surface area (Å²) in [5, 5.41) is 12.1. The molecule has 4 N–H and O–H groups in total. The van der Waals surface area contributed by atoms with Gasteiger partial charge in [0.1, 0.15) is 0 Å². The van der Waals surface area contributed by atoms with Gasteiger partial charge >= 0.3 is 6.18 Å². The molecule has 45 heavy (non-hydrogen) atoms. The molecule has 3 aliphatic rings. The number of hydrogen-bond donors (Lipinski definition) is 4. The number of imidazole rings is 1. The zero-order valence-corrected chi connectivity index (χ0v) is 25.2. The number of aromatic amines is 2. The first kappa shape index (κ1) is 31.1. The average molecular weight is 647 g/mol. The van der Waals surface area contributed by atoms with E-state index in [1.54, 1.807) is 11.0 Å². The monoisotopic (exact) mass is 646 g/mol. The van der Waals surface area contributed by atoms with Gasteiger partial charge in [-0.25, -0.2) is 4.98 Å². The summed E-state index contributed by atoms with van der Waals surface area (Å²) in [7, 11) is 0. The van der Waals surface area contributed by atoms with Gasteiger partial charge in [-0.05, 0) is 69.3 Å². The molecule has 0 radical (unpaired) electrons. The standard InChI is InChI=1S/C30H34ClF3N8O3/c31-23-15-19(3-4-21(23)29(45)42-11-9-41(10-12-42)28(44)18-5-7-35-8-6-18)38-27(43)26-36-16-20(37-26)14-22-24(13-17-1-2-17)39-40-25(22)30(32,33)34/h3-4,15-18,35H,1-2,5-14H2,(H,36,37)(H,38,43)(H,39,40). The summed E-state index contributed by atoms with van der Waals surface area (Å²) in [5.74, 6) is -0.433. The van der Waals surface area contributed by atoms with Crippen LogP contribution in [0.3, 0.4) is 0 Å². The fourth-order valence-electron chi connectivity index (χ4n) is 5.94. The number of benzene rings is 1. The summed E-state index contributed by atoms with van der Waals surface area (Å²) >= 11 is 6.45. The Morgan fingerprint density at radius 3 is 2.40 bits per heavy atom. The second kappa shape index (κ2) is 12.8. The molecule has 0 bridgehead atoms. The minimum Gasteiger partial charge on any atom is -0.339 e. The van der Waals surface area contributed by atoms with Gasteiger partial charge < -0.3 is 25.4 Å². The maximum absolute atomic E-state index is 13.6. The first-order valence-corrected chi connectivity index (χ1v) is 15.5. The zero-order chi connectivity index (χ0) is 31.7. The van der Waals surface area contributed by atoms with Crippen molar-refractivity contribution in [2.45, 2.75) is 44.7 Å². The largest absolute Gasteiger partial charge is 0.435 e. The summed E-state index contributed by atoms with van der Waals surface area (Å²) in [5.41, 5.74) is 0.457. The highest BCUT2D eigenvalue weighted by atomic mass is 35.5. The van der Waals surface area contributed by atoms with Gasteiger partial charge in [-0.1, -0.05) is 11.6 Å². The third-order valence-electron chi connectivity index (χ3n) is 8.65. The van der Waals surface area contributed by atoms with Gasteiger partial charge in [-0.2, -0.15) is 18.3 Å². The number of anilines is 1. The van der Waals surface area contributed by atoms with Gasteiger partial charge in [0.15, 0.2) is 11.5 Å². The molecule has 1 aliphatic carbocycles. The van der Waals surface area contributed by atoms with Crippen LogP contribution in [0.2, 0.25) is 5.02 Å². The first-order valence-electron chi connectivity index (χ1n) is 15.1. The van der Waals surface area contributed by atoms with Crippen LogP contribution in [0, 0.1) is 11.8 Å². The molecule has 2 aliphatic heterocycles. The Hall–Kier alpha value is -3.91. The van der Waals surface area contributed by atoms with Crippen molar-refractivity contribution in [3.8, 4) is 0 Å². The Balaban J connectivity index is 1.05. The van der Waals surface area contributed by atoms with E-state index in [0.717, 1.165) is 38.8 Å². The number of aromatic nitrogens is 4. The lowest BCUT2D eigenvalue weighted by molar-refractivity contribution is -0.141. The Morgan fingerprint density at radius 2 is 1.73 bits per heavy atom. The minimum atomic E-state index is -4.61. The smallest absolute Gasteiger partial charge is 0.339 e. The highest BCUT2D eigenvalue weighted by molar-refractivity contribution is 6.34. The molecule has 2 aromatic heterocycles. The van der Waals surface area contributed by atoms with Crippen LogP contribution in [-0.2, 0) is 23.8 Å². The lowest BCUT2D eigenvalue weighted by Gasteiger charge is -2.37. The number of rotatable bonds is 8. The molecular formula is C30H34ClF3N8O3. The maximum Gasteiger partial charge on any atom is 0.435 e. The van der Waals surface area contributed by atoms with Crippen molar-refractivity contribution in [1.29, 1.82) is 0 Å². The summed E-state index contributed by atoms with van der Waals surface area (Å²) in [6, 6.07) is 4.53. The Morgan fingerprint density at radius 1 is 1.02 bits per heavy atom. The third-order valence-corrected chi connectivity index (χ3v) is 8.96. The molecule has 0 spiro atoms. The molecule has 0 atom stereocenters. The third kappa shape index (κ3) is 7.17. The molecule has 1 aromatic carbocycles. The normalized spacial score (nSPS) is 17.9. The molecule has 3 aromatic rings. The summed E-state index contributed by atoms with van der Waals surface area (Å²) in [6.45, 7) is 3.40. The SMILES string of the molecule is O=C(Nc1ccc(C(=O)N2CCN(C(=O)C3CCNCC3)CC2)c(Cl)c1)c1ncc(Cc2c(C(F)(F)F)n[nH]c2CC2CC2)[nH]1. The lowest BCUT2D eigenvalue weighted by Crippen LogP contribution is -2.52. The van der Waals surface area contributed by atoms with Crippen molar-refractivity contribution in [2.24, 2.45) is 11.8 Å². The molecule has 4 heterocycles. The van der Waals surface area contributed by atoms with E-state index in [4.69, 9.17) is 11.6 Å². The number of carbonyl (C=O) groups excluding carboxylic acids is 3.